The van der Waals surface area contributed by atoms with Crippen molar-refractivity contribution in [3.8, 4) is 0 Å². The Balaban J connectivity index is 2.08. The summed E-state index contributed by atoms with van der Waals surface area (Å²) in [6.07, 6.45) is 5.08. The minimum absolute atomic E-state index is 0.111. The molecule has 86 valence electrons. The molecule has 0 unspecified atom stereocenters. The molecule has 0 fully saturated rings. The van der Waals surface area contributed by atoms with Gasteiger partial charge in [0.25, 0.3) is 6.01 Å². The monoisotopic (exact) mass is 222 g/mol. The maximum atomic E-state index is 8.88. The lowest BCUT2D eigenvalue weighted by Crippen LogP contribution is -2.19. The van der Waals surface area contributed by atoms with E-state index in [2.05, 4.69) is 9.97 Å². The van der Waals surface area contributed by atoms with E-state index >= 15 is 0 Å². The van der Waals surface area contributed by atoms with Crippen molar-refractivity contribution in [1.29, 1.82) is 0 Å². The van der Waals surface area contributed by atoms with Crippen LogP contribution in [0.25, 0.3) is 0 Å². The van der Waals surface area contributed by atoms with Crippen LogP contribution >= 0.6 is 0 Å². The van der Waals surface area contributed by atoms with Gasteiger partial charge in [-0.1, -0.05) is 0 Å². The summed E-state index contributed by atoms with van der Waals surface area (Å²) in [6, 6.07) is 0.479. The van der Waals surface area contributed by atoms with E-state index in [1.165, 1.54) is 6.26 Å². The first-order valence-corrected chi connectivity index (χ1v) is 4.93. The van der Waals surface area contributed by atoms with Crippen LogP contribution < -0.4 is 4.90 Å². The Labute approximate surface area is 93.2 Å². The Morgan fingerprint density at radius 1 is 1.56 bits per heavy atom. The van der Waals surface area contributed by atoms with Crippen molar-refractivity contribution in [2.24, 2.45) is 7.05 Å². The van der Waals surface area contributed by atoms with Crippen molar-refractivity contribution in [1.82, 2.24) is 14.5 Å². The Morgan fingerprint density at radius 3 is 2.94 bits per heavy atom. The molecule has 0 aliphatic rings. The fourth-order valence-corrected chi connectivity index (χ4v) is 1.37. The molecule has 2 heterocycles. The molecular formula is C10H14N4O2. The third kappa shape index (κ3) is 2.06. The number of aryl methyl sites for hydroxylation is 1. The fourth-order valence-electron chi connectivity index (χ4n) is 1.37. The van der Waals surface area contributed by atoms with Gasteiger partial charge in [0.05, 0.1) is 13.2 Å². The van der Waals surface area contributed by atoms with Gasteiger partial charge in [-0.25, -0.2) is 4.98 Å². The quantitative estimate of drug-likeness (QED) is 0.817. The minimum Gasteiger partial charge on any atom is -0.432 e. The molecule has 16 heavy (non-hydrogen) atoms. The number of nitrogens with zero attached hydrogens (tertiary/aromatic N) is 4. The van der Waals surface area contributed by atoms with E-state index < -0.39 is 0 Å². The molecule has 0 amide bonds. The number of hydrogen-bond acceptors (Lipinski definition) is 5. The van der Waals surface area contributed by atoms with Crippen LogP contribution in [0.1, 0.15) is 11.5 Å². The van der Waals surface area contributed by atoms with Crippen molar-refractivity contribution in [2.75, 3.05) is 11.9 Å². The Kier molecular flexibility index (Phi) is 2.91. The molecule has 6 heteroatoms. The first-order valence-electron chi connectivity index (χ1n) is 4.93. The lowest BCUT2D eigenvalue weighted by atomic mass is 10.5. The number of aromatic nitrogens is 3. The summed E-state index contributed by atoms with van der Waals surface area (Å²) in [4.78, 5) is 10.2. The highest BCUT2D eigenvalue weighted by Crippen LogP contribution is 2.13. The fraction of sp³-hybridized carbons (Fsp3) is 0.400. The first kappa shape index (κ1) is 10.7. The molecule has 6 nitrogen and oxygen atoms in total. The first-order chi connectivity index (χ1) is 7.70. The normalized spacial score (nSPS) is 10.7. The summed E-state index contributed by atoms with van der Waals surface area (Å²) >= 11 is 0. The molecule has 2 aromatic rings. The summed E-state index contributed by atoms with van der Waals surface area (Å²) < 4.78 is 7.16. The van der Waals surface area contributed by atoms with Gasteiger partial charge in [-0.05, 0) is 0 Å². The lowest BCUT2D eigenvalue weighted by molar-refractivity contribution is 0.276. The van der Waals surface area contributed by atoms with Crippen LogP contribution in [0, 0.1) is 0 Å². The van der Waals surface area contributed by atoms with Gasteiger partial charge in [0.15, 0.2) is 0 Å². The molecule has 0 saturated carbocycles. The predicted octanol–water partition coefficient (Wildman–Crippen LogP) is 0.537. The molecule has 0 aliphatic heterocycles. The van der Waals surface area contributed by atoms with E-state index in [1.54, 1.807) is 6.20 Å². The van der Waals surface area contributed by atoms with Gasteiger partial charge in [0.1, 0.15) is 17.8 Å². The molecule has 2 rings (SSSR count). The van der Waals surface area contributed by atoms with E-state index in [0.29, 0.717) is 18.3 Å². The third-order valence-corrected chi connectivity index (χ3v) is 2.33. The lowest BCUT2D eigenvalue weighted by Gasteiger charge is -2.13. The molecule has 0 aromatic carbocycles. The molecule has 0 saturated heterocycles. The standard InChI is InChI=1S/C10H14N4O2/c1-13-4-3-11-9(13)5-14(2)10-12-8(6-15)7-16-10/h3-4,7,15H,5-6H2,1-2H3. The van der Waals surface area contributed by atoms with Crippen LogP contribution in [0.15, 0.2) is 23.1 Å². The van der Waals surface area contributed by atoms with Crippen molar-refractivity contribution < 1.29 is 9.52 Å². The maximum absolute atomic E-state index is 8.88. The summed E-state index contributed by atoms with van der Waals surface area (Å²) in [5.41, 5.74) is 0.529. The highest BCUT2D eigenvalue weighted by molar-refractivity contribution is 5.25. The second kappa shape index (κ2) is 4.36. The van der Waals surface area contributed by atoms with Crippen LogP contribution in [0.2, 0.25) is 0 Å². The van der Waals surface area contributed by atoms with Crippen LogP contribution in [-0.4, -0.2) is 26.7 Å². The molecule has 0 spiro atoms. The Bertz CT molecular complexity index is 463. The number of hydrogen-bond donors (Lipinski definition) is 1. The zero-order chi connectivity index (χ0) is 11.5. The number of oxazole rings is 1. The molecule has 1 N–H and O–H groups in total. The van der Waals surface area contributed by atoms with Crippen molar-refractivity contribution in [3.05, 3.63) is 30.2 Å². The third-order valence-electron chi connectivity index (χ3n) is 2.33. The van der Waals surface area contributed by atoms with Crippen LogP contribution in [0.4, 0.5) is 6.01 Å². The van der Waals surface area contributed by atoms with E-state index in [9.17, 15) is 0 Å². The highest BCUT2D eigenvalue weighted by Gasteiger charge is 2.11. The van der Waals surface area contributed by atoms with Crippen molar-refractivity contribution in [3.63, 3.8) is 0 Å². The van der Waals surface area contributed by atoms with E-state index in [0.717, 1.165) is 5.82 Å². The van der Waals surface area contributed by atoms with Gasteiger partial charge in [-0.15, -0.1) is 0 Å². The number of rotatable bonds is 4. The molecule has 0 aliphatic carbocycles. The molecule has 0 atom stereocenters. The minimum atomic E-state index is -0.111. The van der Waals surface area contributed by atoms with Crippen molar-refractivity contribution in [2.45, 2.75) is 13.2 Å². The maximum Gasteiger partial charge on any atom is 0.297 e. The topological polar surface area (TPSA) is 67.3 Å². The van der Waals surface area contributed by atoms with Gasteiger partial charge in [0.2, 0.25) is 0 Å². The second-order valence-electron chi connectivity index (χ2n) is 3.59. The Morgan fingerprint density at radius 2 is 2.38 bits per heavy atom. The van der Waals surface area contributed by atoms with Gasteiger partial charge >= 0.3 is 0 Å². The van der Waals surface area contributed by atoms with Crippen LogP contribution in [0.3, 0.4) is 0 Å². The summed E-state index contributed by atoms with van der Waals surface area (Å²) in [7, 11) is 3.80. The number of imidazole rings is 1. The number of aliphatic hydroxyl groups excluding tert-OH is 1. The van der Waals surface area contributed by atoms with E-state index in [4.69, 9.17) is 9.52 Å². The van der Waals surface area contributed by atoms with E-state index in [1.807, 2.05) is 29.8 Å². The summed E-state index contributed by atoms with van der Waals surface area (Å²) in [5.74, 6) is 0.922. The number of aliphatic hydroxyl groups is 1. The molecule has 2 aromatic heterocycles. The SMILES string of the molecule is CN(Cc1nccn1C)c1nc(CO)co1. The smallest absolute Gasteiger partial charge is 0.297 e. The van der Waals surface area contributed by atoms with Gasteiger partial charge < -0.3 is 19.0 Å². The summed E-state index contributed by atoms with van der Waals surface area (Å²) in [5, 5.41) is 8.88. The number of anilines is 1. The van der Waals surface area contributed by atoms with Gasteiger partial charge in [0, 0.05) is 26.5 Å². The molecule has 0 radical (unpaired) electrons. The zero-order valence-electron chi connectivity index (χ0n) is 9.29. The van der Waals surface area contributed by atoms with Gasteiger partial charge in [-0.2, -0.15) is 4.98 Å². The summed E-state index contributed by atoms with van der Waals surface area (Å²) in [6.45, 7) is 0.495. The van der Waals surface area contributed by atoms with Crippen LogP contribution in [0.5, 0.6) is 0 Å². The van der Waals surface area contributed by atoms with Gasteiger partial charge in [-0.3, -0.25) is 0 Å². The largest absolute Gasteiger partial charge is 0.432 e. The zero-order valence-corrected chi connectivity index (χ0v) is 9.29. The average Bonchev–Trinajstić information content (AvgIpc) is 2.88. The van der Waals surface area contributed by atoms with Crippen LogP contribution in [-0.2, 0) is 20.2 Å². The van der Waals surface area contributed by atoms with Crippen molar-refractivity contribution >= 4 is 6.01 Å². The van der Waals surface area contributed by atoms with E-state index in [-0.39, 0.29) is 6.61 Å². The average molecular weight is 222 g/mol. The predicted molar refractivity (Wildman–Crippen MR) is 57.7 cm³/mol. The highest BCUT2D eigenvalue weighted by atomic mass is 16.4. The molecular weight excluding hydrogens is 208 g/mol. The molecule has 0 bridgehead atoms. The second-order valence-corrected chi connectivity index (χ2v) is 3.59. The Hall–Kier alpha value is -1.82.